The lowest BCUT2D eigenvalue weighted by molar-refractivity contribution is 1.07. The van der Waals surface area contributed by atoms with Crippen LogP contribution in [0.25, 0.3) is 10.9 Å². The van der Waals surface area contributed by atoms with Crippen LogP contribution in [0.1, 0.15) is 5.56 Å². The van der Waals surface area contributed by atoms with Crippen LogP contribution in [0, 0.1) is 0 Å². The highest BCUT2D eigenvalue weighted by atomic mass is 31.0. The Morgan fingerprint density at radius 1 is 1.29 bits per heavy atom. The zero-order valence-corrected chi connectivity index (χ0v) is 8.85. The van der Waals surface area contributed by atoms with E-state index in [4.69, 9.17) is 11.5 Å². The molecule has 0 aliphatic rings. The van der Waals surface area contributed by atoms with Gasteiger partial charge >= 0.3 is 0 Å². The van der Waals surface area contributed by atoms with Gasteiger partial charge < -0.3 is 11.5 Å². The molecule has 4 heteroatoms. The Labute approximate surface area is 84.7 Å². The summed E-state index contributed by atoms with van der Waals surface area (Å²) in [6.45, 7) is 0.528. The van der Waals surface area contributed by atoms with Crippen LogP contribution >= 0.6 is 9.24 Å². The SMILES string of the molecule is NCc1ccc2cc(P)c(N)nc2c1. The van der Waals surface area contributed by atoms with Crippen molar-refractivity contribution in [3.63, 3.8) is 0 Å². The van der Waals surface area contributed by atoms with Gasteiger partial charge in [0.25, 0.3) is 0 Å². The fourth-order valence-corrected chi connectivity index (χ4v) is 1.61. The molecule has 2 aromatic rings. The Hall–Kier alpha value is -1.18. The summed E-state index contributed by atoms with van der Waals surface area (Å²) in [6.07, 6.45) is 0. The van der Waals surface area contributed by atoms with Gasteiger partial charge in [0.05, 0.1) is 5.52 Å². The average Bonchev–Trinajstić information content (AvgIpc) is 2.19. The molecule has 1 atom stereocenters. The first kappa shape index (κ1) is 9.38. The molecular formula is C10H12N3P. The van der Waals surface area contributed by atoms with Crippen LogP contribution < -0.4 is 16.8 Å². The molecule has 1 aromatic heterocycles. The van der Waals surface area contributed by atoms with Crippen LogP contribution in [0.4, 0.5) is 5.82 Å². The van der Waals surface area contributed by atoms with Gasteiger partial charge in [0.2, 0.25) is 0 Å². The summed E-state index contributed by atoms with van der Waals surface area (Å²) < 4.78 is 0. The maximum Gasteiger partial charge on any atom is 0.131 e. The van der Waals surface area contributed by atoms with Crippen LogP contribution in [0.5, 0.6) is 0 Å². The van der Waals surface area contributed by atoms with Crippen LogP contribution in [0.15, 0.2) is 24.3 Å². The highest BCUT2D eigenvalue weighted by molar-refractivity contribution is 7.28. The molecule has 0 amide bonds. The summed E-state index contributed by atoms with van der Waals surface area (Å²) >= 11 is 0. The molecule has 0 saturated carbocycles. The number of nitrogens with two attached hydrogens (primary N) is 2. The zero-order chi connectivity index (χ0) is 10.1. The highest BCUT2D eigenvalue weighted by Gasteiger charge is 2.00. The van der Waals surface area contributed by atoms with E-state index in [-0.39, 0.29) is 0 Å². The minimum atomic E-state index is 0.528. The van der Waals surface area contributed by atoms with E-state index in [1.807, 2.05) is 24.3 Å². The molecule has 2 rings (SSSR count). The lowest BCUT2D eigenvalue weighted by atomic mass is 10.1. The van der Waals surface area contributed by atoms with Crippen LogP contribution in [0.2, 0.25) is 0 Å². The van der Waals surface area contributed by atoms with Gasteiger partial charge in [-0.3, -0.25) is 0 Å². The normalized spacial score (nSPS) is 10.7. The summed E-state index contributed by atoms with van der Waals surface area (Å²) in [4.78, 5) is 4.29. The van der Waals surface area contributed by atoms with Gasteiger partial charge in [0.15, 0.2) is 0 Å². The van der Waals surface area contributed by atoms with E-state index in [1.165, 1.54) is 0 Å². The summed E-state index contributed by atoms with van der Waals surface area (Å²) in [7, 11) is 2.57. The molecule has 4 N–H and O–H groups in total. The van der Waals surface area contributed by atoms with Crippen molar-refractivity contribution >= 4 is 31.3 Å². The molecule has 1 unspecified atom stereocenters. The topological polar surface area (TPSA) is 64.9 Å². The number of nitrogens with zero attached hydrogens (tertiary/aromatic N) is 1. The van der Waals surface area contributed by atoms with E-state index in [9.17, 15) is 0 Å². The largest absolute Gasteiger partial charge is 0.383 e. The van der Waals surface area contributed by atoms with E-state index in [0.717, 1.165) is 21.8 Å². The van der Waals surface area contributed by atoms with Crippen molar-refractivity contribution in [3.8, 4) is 0 Å². The fraction of sp³-hybridized carbons (Fsp3) is 0.100. The van der Waals surface area contributed by atoms with Crippen LogP contribution in [-0.4, -0.2) is 4.98 Å². The van der Waals surface area contributed by atoms with E-state index >= 15 is 0 Å². The number of nitrogen functional groups attached to an aromatic ring is 1. The molecule has 0 spiro atoms. The lowest BCUT2D eigenvalue weighted by Crippen LogP contribution is -2.05. The predicted molar refractivity (Wildman–Crippen MR) is 63.4 cm³/mol. The third-order valence-corrected chi connectivity index (χ3v) is 2.64. The third kappa shape index (κ3) is 1.57. The number of rotatable bonds is 1. The Kier molecular flexibility index (Phi) is 2.36. The molecule has 14 heavy (non-hydrogen) atoms. The molecule has 1 heterocycles. The number of hydrogen-bond acceptors (Lipinski definition) is 3. The second-order valence-electron chi connectivity index (χ2n) is 3.19. The van der Waals surface area contributed by atoms with Crippen molar-refractivity contribution in [2.75, 3.05) is 5.73 Å². The van der Waals surface area contributed by atoms with Crippen molar-refractivity contribution in [2.45, 2.75) is 6.54 Å². The van der Waals surface area contributed by atoms with Crippen molar-refractivity contribution in [2.24, 2.45) is 5.73 Å². The summed E-state index contributed by atoms with van der Waals surface area (Å²) in [6, 6.07) is 7.99. The molecule has 72 valence electrons. The number of pyridine rings is 1. The highest BCUT2D eigenvalue weighted by Crippen LogP contribution is 2.15. The van der Waals surface area contributed by atoms with Crippen molar-refractivity contribution in [1.29, 1.82) is 0 Å². The summed E-state index contributed by atoms with van der Waals surface area (Å²) in [5, 5.41) is 2.01. The minimum Gasteiger partial charge on any atom is -0.383 e. The van der Waals surface area contributed by atoms with E-state index < -0.39 is 0 Å². The Morgan fingerprint density at radius 2 is 2.07 bits per heavy atom. The minimum absolute atomic E-state index is 0.528. The van der Waals surface area contributed by atoms with Crippen molar-refractivity contribution < 1.29 is 0 Å². The Morgan fingerprint density at radius 3 is 2.79 bits per heavy atom. The van der Waals surface area contributed by atoms with Gasteiger partial charge in [-0.15, -0.1) is 9.24 Å². The lowest BCUT2D eigenvalue weighted by Gasteiger charge is -2.04. The first-order chi connectivity index (χ1) is 6.70. The molecule has 0 saturated heterocycles. The van der Waals surface area contributed by atoms with E-state index in [2.05, 4.69) is 14.2 Å². The van der Waals surface area contributed by atoms with Gasteiger partial charge in [-0.1, -0.05) is 12.1 Å². The Bertz CT molecular complexity index is 482. The van der Waals surface area contributed by atoms with Gasteiger partial charge in [-0.05, 0) is 17.7 Å². The Balaban J connectivity index is 2.70. The number of hydrogen-bond donors (Lipinski definition) is 2. The zero-order valence-electron chi connectivity index (χ0n) is 7.70. The van der Waals surface area contributed by atoms with Crippen molar-refractivity contribution in [1.82, 2.24) is 4.98 Å². The summed E-state index contributed by atoms with van der Waals surface area (Å²) in [5.41, 5.74) is 13.2. The maximum absolute atomic E-state index is 5.71. The first-order valence-corrected chi connectivity index (χ1v) is 4.93. The standard InChI is InChI=1S/C10H12N3P/c11-5-6-1-2-7-4-9(14)10(12)13-8(7)3-6/h1-4H,5,11,14H2,(H2,12,13). The number of fused-ring (bicyclic) bond motifs is 1. The van der Waals surface area contributed by atoms with Gasteiger partial charge in [-0.2, -0.15) is 0 Å². The molecule has 0 fully saturated rings. The smallest absolute Gasteiger partial charge is 0.131 e. The molecule has 1 aromatic carbocycles. The molecule has 0 bridgehead atoms. The van der Waals surface area contributed by atoms with Crippen molar-refractivity contribution in [3.05, 3.63) is 29.8 Å². The molecule has 0 aliphatic carbocycles. The molecule has 0 aliphatic heterocycles. The van der Waals surface area contributed by atoms with Crippen LogP contribution in [0.3, 0.4) is 0 Å². The molecule has 3 nitrogen and oxygen atoms in total. The van der Waals surface area contributed by atoms with Crippen LogP contribution in [-0.2, 0) is 6.54 Å². The number of anilines is 1. The fourth-order valence-electron chi connectivity index (χ4n) is 1.37. The monoisotopic (exact) mass is 205 g/mol. The van der Waals surface area contributed by atoms with Gasteiger partial charge in [-0.25, -0.2) is 4.98 Å². The van der Waals surface area contributed by atoms with E-state index in [1.54, 1.807) is 0 Å². The first-order valence-electron chi connectivity index (χ1n) is 4.35. The number of aromatic nitrogens is 1. The average molecular weight is 205 g/mol. The molecular weight excluding hydrogens is 193 g/mol. The number of benzene rings is 1. The summed E-state index contributed by atoms with van der Waals surface area (Å²) in [5.74, 6) is 0.552. The second kappa shape index (κ2) is 3.52. The predicted octanol–water partition coefficient (Wildman–Crippen LogP) is 0.776. The second-order valence-corrected chi connectivity index (χ2v) is 3.82. The quantitative estimate of drug-likeness (QED) is 0.676. The van der Waals surface area contributed by atoms with Gasteiger partial charge in [0.1, 0.15) is 5.82 Å². The van der Waals surface area contributed by atoms with E-state index in [0.29, 0.717) is 12.4 Å². The molecule has 0 radical (unpaired) electrons. The third-order valence-electron chi connectivity index (χ3n) is 2.18. The maximum atomic E-state index is 5.71. The van der Waals surface area contributed by atoms with Gasteiger partial charge in [0, 0.05) is 17.2 Å².